The first-order valence-electron chi connectivity index (χ1n) is 13.2. The summed E-state index contributed by atoms with van der Waals surface area (Å²) in [4.78, 5) is 19.7. The zero-order chi connectivity index (χ0) is 30.5. The topological polar surface area (TPSA) is 146 Å². The van der Waals surface area contributed by atoms with Gasteiger partial charge in [0.05, 0.1) is 24.5 Å². The van der Waals surface area contributed by atoms with Crippen molar-refractivity contribution in [2.24, 2.45) is 5.92 Å². The Hall–Kier alpha value is -3.36. The van der Waals surface area contributed by atoms with E-state index in [1.165, 1.54) is 30.8 Å². The number of rotatable bonds is 14. The van der Waals surface area contributed by atoms with Crippen molar-refractivity contribution in [1.82, 2.24) is 19.7 Å². The minimum absolute atomic E-state index is 0.0512. The van der Waals surface area contributed by atoms with Gasteiger partial charge in [0.2, 0.25) is 21.7 Å². The molecule has 0 aliphatic rings. The zero-order valence-corrected chi connectivity index (χ0v) is 26.2. The molecule has 0 saturated carbocycles. The SMILES string of the molecule is COc1cc(-c2cc(F)cc(C(C)C)c2Nc2nc(S(=O)(=O)CC(C)C(=O)O)nn2COCC[Si](C)(C)C)ccn1. The highest BCUT2D eigenvalue weighted by atomic mass is 32.2. The summed E-state index contributed by atoms with van der Waals surface area (Å²) in [6, 6.07) is 7.03. The van der Waals surface area contributed by atoms with Crippen molar-refractivity contribution in [2.45, 2.75) is 64.3 Å². The Morgan fingerprint density at radius 2 is 1.90 bits per heavy atom. The highest BCUT2D eigenvalue weighted by Gasteiger charge is 2.29. The quantitative estimate of drug-likeness (QED) is 0.186. The lowest BCUT2D eigenvalue weighted by atomic mass is 9.94. The molecule has 0 saturated heterocycles. The van der Waals surface area contributed by atoms with E-state index in [4.69, 9.17) is 9.47 Å². The van der Waals surface area contributed by atoms with Crippen LogP contribution in [0, 0.1) is 11.7 Å². The summed E-state index contributed by atoms with van der Waals surface area (Å²) in [6.07, 6.45) is 1.54. The molecule has 1 aromatic carbocycles. The molecule has 0 aliphatic carbocycles. The van der Waals surface area contributed by atoms with Crippen LogP contribution >= 0.6 is 0 Å². The van der Waals surface area contributed by atoms with E-state index in [9.17, 15) is 22.7 Å². The van der Waals surface area contributed by atoms with Crippen molar-refractivity contribution < 1.29 is 32.2 Å². The molecule has 3 aromatic rings. The second-order valence-corrected chi connectivity index (χ2v) is 18.9. The highest BCUT2D eigenvalue weighted by molar-refractivity contribution is 7.91. The Morgan fingerprint density at radius 1 is 1.20 bits per heavy atom. The van der Waals surface area contributed by atoms with E-state index in [0.29, 0.717) is 34.9 Å². The predicted octanol–water partition coefficient (Wildman–Crippen LogP) is 5.16. The molecule has 0 radical (unpaired) electrons. The van der Waals surface area contributed by atoms with Gasteiger partial charge in [0.1, 0.15) is 12.5 Å². The zero-order valence-electron chi connectivity index (χ0n) is 24.4. The molecule has 2 aromatic heterocycles. The van der Waals surface area contributed by atoms with Gasteiger partial charge >= 0.3 is 5.97 Å². The average Bonchev–Trinajstić information content (AvgIpc) is 3.30. The molecule has 41 heavy (non-hydrogen) atoms. The van der Waals surface area contributed by atoms with Gasteiger partial charge in [-0.05, 0) is 41.3 Å². The van der Waals surface area contributed by atoms with Crippen LogP contribution in [0.4, 0.5) is 16.0 Å². The summed E-state index contributed by atoms with van der Waals surface area (Å²) in [5.41, 5.74) is 2.20. The number of ether oxygens (including phenoxy) is 2. The lowest BCUT2D eigenvalue weighted by Gasteiger charge is -2.20. The van der Waals surface area contributed by atoms with Crippen LogP contribution in [0.1, 0.15) is 32.3 Å². The summed E-state index contributed by atoms with van der Waals surface area (Å²) >= 11 is 0. The molecule has 1 unspecified atom stereocenters. The number of methoxy groups -OCH3 is 1. The fraction of sp³-hybridized carbons (Fsp3) is 0.481. The van der Waals surface area contributed by atoms with E-state index >= 15 is 0 Å². The van der Waals surface area contributed by atoms with Crippen molar-refractivity contribution in [3.05, 3.63) is 41.8 Å². The predicted molar refractivity (Wildman–Crippen MR) is 157 cm³/mol. The van der Waals surface area contributed by atoms with Crippen LogP contribution in [-0.4, -0.2) is 66.8 Å². The van der Waals surface area contributed by atoms with Crippen LogP contribution in [0.5, 0.6) is 5.88 Å². The molecular formula is C27H38FN5O6SSi. The first-order valence-corrected chi connectivity index (χ1v) is 18.6. The smallest absolute Gasteiger partial charge is 0.307 e. The monoisotopic (exact) mass is 607 g/mol. The summed E-state index contributed by atoms with van der Waals surface area (Å²) in [7, 11) is -4.06. The highest BCUT2D eigenvalue weighted by Crippen LogP contribution is 2.38. The van der Waals surface area contributed by atoms with Crippen molar-refractivity contribution in [1.29, 1.82) is 0 Å². The molecule has 2 heterocycles. The number of aromatic nitrogens is 4. The van der Waals surface area contributed by atoms with Crippen molar-refractivity contribution >= 4 is 35.5 Å². The summed E-state index contributed by atoms with van der Waals surface area (Å²) in [5, 5.41) is 16.1. The maximum atomic E-state index is 14.9. The van der Waals surface area contributed by atoms with Gasteiger partial charge in [-0.25, -0.2) is 22.5 Å². The number of halogens is 1. The van der Waals surface area contributed by atoms with E-state index in [-0.39, 0.29) is 18.6 Å². The molecule has 3 rings (SSSR count). The van der Waals surface area contributed by atoms with Crippen LogP contribution in [0.3, 0.4) is 0 Å². The number of nitrogens with one attached hydrogen (secondary N) is 1. The van der Waals surface area contributed by atoms with E-state index in [0.717, 1.165) is 6.04 Å². The van der Waals surface area contributed by atoms with Crippen molar-refractivity contribution in [3.63, 3.8) is 0 Å². The number of hydrogen-bond donors (Lipinski definition) is 2. The van der Waals surface area contributed by atoms with Gasteiger partial charge in [-0.2, -0.15) is 4.98 Å². The number of carboxylic acid groups (broad SMARTS) is 1. The van der Waals surface area contributed by atoms with Gasteiger partial charge in [-0.1, -0.05) is 40.4 Å². The average molecular weight is 608 g/mol. The minimum atomic E-state index is -4.15. The third-order valence-electron chi connectivity index (χ3n) is 6.28. The molecular weight excluding hydrogens is 569 g/mol. The molecule has 1 atom stereocenters. The second kappa shape index (κ2) is 13.1. The number of hydrogen-bond acceptors (Lipinski definition) is 9. The summed E-state index contributed by atoms with van der Waals surface area (Å²) < 4.78 is 53.4. The molecule has 0 amide bonds. The maximum absolute atomic E-state index is 14.9. The van der Waals surface area contributed by atoms with Crippen molar-refractivity contribution in [3.8, 4) is 17.0 Å². The number of carbonyl (C=O) groups is 1. The van der Waals surface area contributed by atoms with E-state index < -0.39 is 46.5 Å². The largest absolute Gasteiger partial charge is 0.481 e. The van der Waals surface area contributed by atoms with Crippen LogP contribution in [0.15, 0.2) is 35.6 Å². The third kappa shape index (κ3) is 8.56. The lowest BCUT2D eigenvalue weighted by Crippen LogP contribution is -2.22. The van der Waals surface area contributed by atoms with Crippen molar-refractivity contribution in [2.75, 3.05) is 24.8 Å². The molecule has 11 nitrogen and oxygen atoms in total. The van der Waals surface area contributed by atoms with E-state index in [1.54, 1.807) is 18.3 Å². The Kier molecular flexibility index (Phi) is 10.3. The van der Waals surface area contributed by atoms with Crippen LogP contribution < -0.4 is 10.1 Å². The van der Waals surface area contributed by atoms with Gasteiger partial charge in [0.25, 0.3) is 5.16 Å². The molecule has 2 N–H and O–H groups in total. The molecule has 0 aliphatic heterocycles. The normalized spacial score (nSPS) is 12.9. The lowest BCUT2D eigenvalue weighted by molar-refractivity contribution is -0.140. The number of aliphatic carboxylic acids is 1. The number of nitrogens with zero attached hydrogens (tertiary/aromatic N) is 4. The van der Waals surface area contributed by atoms with E-state index in [2.05, 4.69) is 40.0 Å². The Balaban J connectivity index is 2.12. The minimum Gasteiger partial charge on any atom is -0.481 e. The van der Waals surface area contributed by atoms with Crippen LogP contribution in [-0.2, 0) is 26.1 Å². The number of sulfone groups is 1. The number of carboxylic acids is 1. The standard InChI is InChI=1S/C27H38FN5O6SSi/c1-17(2)21-13-20(28)14-22(19-8-9-29-23(12-19)38-4)24(21)30-26-31-27(40(36,37)15-18(3)25(34)35)32-33(26)16-39-10-11-41(5,6)7/h8-9,12-14,17-18H,10-11,15-16H2,1-7H3,(H,34,35)(H,30,31,32). The summed E-state index contributed by atoms with van der Waals surface area (Å²) in [5.74, 6) is -3.26. The molecule has 0 fully saturated rings. The van der Waals surface area contributed by atoms with Gasteiger partial charge in [0, 0.05) is 32.5 Å². The first kappa shape index (κ1) is 32.2. The van der Waals surface area contributed by atoms with Gasteiger partial charge in [-0.3, -0.25) is 4.79 Å². The molecule has 0 spiro atoms. The third-order valence-corrected chi connectivity index (χ3v) is 9.65. The van der Waals surface area contributed by atoms with Gasteiger partial charge < -0.3 is 19.9 Å². The maximum Gasteiger partial charge on any atom is 0.307 e. The number of anilines is 2. The summed E-state index contributed by atoms with van der Waals surface area (Å²) in [6.45, 7) is 12.1. The fourth-order valence-corrected chi connectivity index (χ4v) is 6.05. The Bertz CT molecular complexity index is 1490. The van der Waals surface area contributed by atoms with Gasteiger partial charge in [-0.15, -0.1) is 5.10 Å². The molecule has 0 bridgehead atoms. The molecule has 14 heteroatoms. The fourth-order valence-electron chi connectivity index (χ4n) is 3.89. The molecule has 224 valence electrons. The Labute approximate surface area is 241 Å². The Morgan fingerprint density at radius 3 is 2.51 bits per heavy atom. The first-order chi connectivity index (χ1) is 19.1. The van der Waals surface area contributed by atoms with Crippen LogP contribution in [0.2, 0.25) is 25.7 Å². The second-order valence-electron chi connectivity index (χ2n) is 11.4. The number of pyridine rings is 1. The van der Waals surface area contributed by atoms with Gasteiger partial charge in [0.15, 0.2) is 0 Å². The number of benzene rings is 1. The van der Waals surface area contributed by atoms with Crippen LogP contribution in [0.25, 0.3) is 11.1 Å². The van der Waals surface area contributed by atoms with E-state index in [1.807, 2.05) is 13.8 Å².